The molecule has 5 aromatic rings. The number of hydrogen-bond acceptors (Lipinski definition) is 5. The van der Waals surface area contributed by atoms with Crippen LogP contribution in [0.4, 0.5) is 23.2 Å². The van der Waals surface area contributed by atoms with E-state index >= 15 is 0 Å². The maximum absolute atomic E-state index is 14.9. The van der Waals surface area contributed by atoms with Crippen LogP contribution in [0.5, 0.6) is 0 Å². The molecular formula is C25H16F4N6O2. The summed E-state index contributed by atoms with van der Waals surface area (Å²) in [6.45, 7) is 0. The predicted molar refractivity (Wildman–Crippen MR) is 125 cm³/mol. The second-order valence-electron chi connectivity index (χ2n) is 8.04. The fourth-order valence-electron chi connectivity index (χ4n) is 3.88. The van der Waals surface area contributed by atoms with Crippen LogP contribution in [0, 0.1) is 5.82 Å². The zero-order valence-electron chi connectivity index (χ0n) is 19.0. The molecular weight excluding hydrogens is 492 g/mol. The smallest absolute Gasteiger partial charge is 0.319 e. The van der Waals surface area contributed by atoms with Gasteiger partial charge in [-0.05, 0) is 18.2 Å². The predicted octanol–water partition coefficient (Wildman–Crippen LogP) is 5.02. The van der Waals surface area contributed by atoms with E-state index in [0.717, 1.165) is 6.07 Å². The normalized spacial score (nSPS) is 11.6. The number of anilines is 1. The molecule has 0 fully saturated rings. The van der Waals surface area contributed by atoms with Crippen molar-refractivity contribution < 1.29 is 27.2 Å². The minimum Gasteiger partial charge on any atom is -0.319 e. The third-order valence-electron chi connectivity index (χ3n) is 5.59. The fraction of sp³-hybridized carbons (Fsp3) is 0.0800. The maximum Gasteiger partial charge on any atom is 0.417 e. The Morgan fingerprint density at radius 3 is 2.51 bits per heavy atom. The Hall–Kier alpha value is -4.87. The SMILES string of the molecule is Cn1ccc(-c2cc(C(=O)Nc3cn4c(C=O)ncc4nc3-c3ccccc3)c(F)cc2C(F)(F)F)n1. The first kappa shape index (κ1) is 23.9. The number of carbonyl (C=O) groups excluding carboxylic acids is 2. The highest BCUT2D eigenvalue weighted by Crippen LogP contribution is 2.38. The van der Waals surface area contributed by atoms with Crippen LogP contribution < -0.4 is 5.32 Å². The second kappa shape index (κ2) is 8.97. The molecule has 0 aliphatic heterocycles. The summed E-state index contributed by atoms with van der Waals surface area (Å²) in [7, 11) is 1.52. The Morgan fingerprint density at radius 1 is 1.11 bits per heavy atom. The summed E-state index contributed by atoms with van der Waals surface area (Å²) >= 11 is 0. The summed E-state index contributed by atoms with van der Waals surface area (Å²) in [5.41, 5.74) is -1.13. The molecule has 0 saturated carbocycles. The van der Waals surface area contributed by atoms with Crippen LogP contribution in [-0.2, 0) is 13.2 Å². The van der Waals surface area contributed by atoms with Gasteiger partial charge >= 0.3 is 6.18 Å². The van der Waals surface area contributed by atoms with Gasteiger partial charge in [-0.2, -0.15) is 18.3 Å². The van der Waals surface area contributed by atoms with Crippen molar-refractivity contribution in [3.8, 4) is 22.5 Å². The number of aromatic nitrogens is 5. The summed E-state index contributed by atoms with van der Waals surface area (Å²) in [4.78, 5) is 33.0. The summed E-state index contributed by atoms with van der Waals surface area (Å²) < 4.78 is 58.6. The van der Waals surface area contributed by atoms with Crippen molar-refractivity contribution in [1.82, 2.24) is 24.1 Å². The monoisotopic (exact) mass is 508 g/mol. The van der Waals surface area contributed by atoms with E-state index in [1.807, 2.05) is 0 Å². The fourth-order valence-corrected chi connectivity index (χ4v) is 3.88. The molecule has 0 bridgehead atoms. The molecule has 3 aromatic heterocycles. The van der Waals surface area contributed by atoms with Gasteiger partial charge < -0.3 is 5.32 Å². The van der Waals surface area contributed by atoms with Gasteiger partial charge in [0, 0.05) is 30.6 Å². The molecule has 0 saturated heterocycles. The first-order chi connectivity index (χ1) is 17.7. The Kier molecular flexibility index (Phi) is 5.78. The average molecular weight is 508 g/mol. The number of benzene rings is 2. The van der Waals surface area contributed by atoms with Crippen molar-refractivity contribution in [3.63, 3.8) is 0 Å². The van der Waals surface area contributed by atoms with Gasteiger partial charge in [0.1, 0.15) is 5.82 Å². The van der Waals surface area contributed by atoms with Gasteiger partial charge in [0.25, 0.3) is 5.91 Å². The number of aldehydes is 1. The molecule has 37 heavy (non-hydrogen) atoms. The van der Waals surface area contributed by atoms with Crippen molar-refractivity contribution in [3.05, 3.63) is 89.9 Å². The van der Waals surface area contributed by atoms with Gasteiger partial charge in [-0.1, -0.05) is 30.3 Å². The number of halogens is 4. The lowest BCUT2D eigenvalue weighted by Crippen LogP contribution is -2.18. The number of alkyl halides is 3. The van der Waals surface area contributed by atoms with E-state index < -0.39 is 34.6 Å². The van der Waals surface area contributed by atoms with Crippen LogP contribution >= 0.6 is 0 Å². The number of carbonyl (C=O) groups is 2. The second-order valence-corrected chi connectivity index (χ2v) is 8.04. The highest BCUT2D eigenvalue weighted by molar-refractivity contribution is 6.07. The highest BCUT2D eigenvalue weighted by Gasteiger charge is 2.36. The Bertz CT molecular complexity index is 1660. The van der Waals surface area contributed by atoms with Crippen molar-refractivity contribution in [2.45, 2.75) is 6.18 Å². The molecule has 1 N–H and O–H groups in total. The summed E-state index contributed by atoms with van der Waals surface area (Å²) in [6.07, 6.45) is -0.194. The zero-order valence-corrected chi connectivity index (χ0v) is 19.0. The van der Waals surface area contributed by atoms with E-state index in [0.29, 0.717) is 17.5 Å². The molecule has 3 heterocycles. The Labute approximate surface area is 206 Å². The number of rotatable bonds is 5. The van der Waals surface area contributed by atoms with Gasteiger partial charge in [0.15, 0.2) is 17.8 Å². The summed E-state index contributed by atoms with van der Waals surface area (Å²) in [5.74, 6) is -2.37. The van der Waals surface area contributed by atoms with Gasteiger partial charge in [-0.15, -0.1) is 0 Å². The molecule has 0 aliphatic rings. The van der Waals surface area contributed by atoms with E-state index in [1.165, 1.54) is 40.8 Å². The van der Waals surface area contributed by atoms with E-state index in [4.69, 9.17) is 0 Å². The number of amides is 1. The van der Waals surface area contributed by atoms with Crippen molar-refractivity contribution in [2.75, 3.05) is 5.32 Å². The standard InChI is InChI=1S/C25H16F4N6O2/c1-34-8-7-19(33-34)15-9-16(18(26)10-17(15)25(27,28)29)24(37)31-20-12-35-21(11-30-22(35)13-36)32-23(20)14-5-3-2-4-6-14/h2-13H,1H3,(H,31,37). The van der Waals surface area contributed by atoms with Crippen LogP contribution in [0.25, 0.3) is 28.2 Å². The number of fused-ring (bicyclic) bond motifs is 1. The first-order valence-electron chi connectivity index (χ1n) is 10.8. The van der Waals surface area contributed by atoms with E-state index in [9.17, 15) is 27.2 Å². The van der Waals surface area contributed by atoms with Gasteiger partial charge in [-0.25, -0.2) is 14.4 Å². The average Bonchev–Trinajstić information content (AvgIpc) is 3.48. The van der Waals surface area contributed by atoms with Crippen molar-refractivity contribution in [1.29, 1.82) is 0 Å². The molecule has 0 aliphatic carbocycles. The molecule has 0 unspecified atom stereocenters. The van der Waals surface area contributed by atoms with Gasteiger partial charge in [-0.3, -0.25) is 18.7 Å². The third-order valence-corrected chi connectivity index (χ3v) is 5.59. The van der Waals surface area contributed by atoms with Crippen LogP contribution in [0.1, 0.15) is 26.5 Å². The molecule has 0 atom stereocenters. The zero-order chi connectivity index (χ0) is 26.3. The molecule has 8 nitrogen and oxygen atoms in total. The van der Waals surface area contributed by atoms with Crippen LogP contribution in [0.2, 0.25) is 0 Å². The largest absolute Gasteiger partial charge is 0.417 e. The van der Waals surface area contributed by atoms with E-state index in [-0.39, 0.29) is 29.0 Å². The third kappa shape index (κ3) is 4.44. The molecule has 0 spiro atoms. The maximum atomic E-state index is 14.9. The lowest BCUT2D eigenvalue weighted by Gasteiger charge is -2.15. The molecule has 1 amide bonds. The van der Waals surface area contributed by atoms with Gasteiger partial charge in [0.2, 0.25) is 0 Å². The summed E-state index contributed by atoms with van der Waals surface area (Å²) in [5, 5.41) is 6.51. The van der Waals surface area contributed by atoms with E-state index in [1.54, 1.807) is 30.3 Å². The summed E-state index contributed by atoms with van der Waals surface area (Å²) in [6, 6.07) is 11.1. The minimum atomic E-state index is -4.88. The number of nitrogens with one attached hydrogen (secondary N) is 1. The van der Waals surface area contributed by atoms with Crippen molar-refractivity contribution in [2.24, 2.45) is 7.05 Å². The van der Waals surface area contributed by atoms with Crippen LogP contribution in [0.15, 0.2) is 67.1 Å². The van der Waals surface area contributed by atoms with Crippen molar-refractivity contribution >= 4 is 23.5 Å². The number of nitrogens with zero attached hydrogens (tertiary/aromatic N) is 5. The first-order valence-corrected chi connectivity index (χ1v) is 10.8. The molecule has 2 aromatic carbocycles. The highest BCUT2D eigenvalue weighted by atomic mass is 19.4. The number of imidazole rings is 1. The van der Waals surface area contributed by atoms with Crippen LogP contribution in [0.3, 0.4) is 0 Å². The molecule has 186 valence electrons. The molecule has 0 radical (unpaired) electrons. The molecule has 12 heteroatoms. The van der Waals surface area contributed by atoms with E-state index in [2.05, 4.69) is 20.4 Å². The Morgan fingerprint density at radius 2 is 1.86 bits per heavy atom. The van der Waals surface area contributed by atoms with Crippen LogP contribution in [-0.4, -0.2) is 36.3 Å². The number of aryl methyl sites for hydroxylation is 1. The minimum absolute atomic E-state index is 0.00996. The Balaban J connectivity index is 1.63. The quantitative estimate of drug-likeness (QED) is 0.266. The lowest BCUT2D eigenvalue weighted by atomic mass is 9.99. The topological polar surface area (TPSA) is 94.2 Å². The molecule has 5 rings (SSSR count). The lowest BCUT2D eigenvalue weighted by molar-refractivity contribution is -0.137. The van der Waals surface area contributed by atoms with Gasteiger partial charge in [0.05, 0.1) is 34.4 Å². The number of hydrogen-bond donors (Lipinski definition) is 1.